The quantitative estimate of drug-likeness (QED) is 0.204. The lowest BCUT2D eigenvalue weighted by Crippen LogP contribution is -1.97. The first-order chi connectivity index (χ1) is 11.1. The number of nitro groups is 1. The number of rotatable bonds is 14. The summed E-state index contributed by atoms with van der Waals surface area (Å²) in [6.07, 6.45) is 17.3. The van der Waals surface area contributed by atoms with Gasteiger partial charge in [0.2, 0.25) is 5.70 Å². The Morgan fingerprint density at radius 1 is 1.04 bits per heavy atom. The van der Waals surface area contributed by atoms with E-state index in [2.05, 4.69) is 6.92 Å². The van der Waals surface area contributed by atoms with Crippen molar-refractivity contribution < 1.29 is 14.8 Å². The maximum absolute atomic E-state index is 11.0. The van der Waals surface area contributed by atoms with E-state index in [4.69, 9.17) is 5.11 Å². The second-order valence-corrected chi connectivity index (χ2v) is 5.47. The van der Waals surface area contributed by atoms with Gasteiger partial charge >= 0.3 is 5.97 Å². The molecule has 0 amide bonds. The van der Waals surface area contributed by atoms with Crippen molar-refractivity contribution in [3.63, 3.8) is 0 Å². The van der Waals surface area contributed by atoms with Crippen LogP contribution in [0.25, 0.3) is 0 Å². The molecule has 0 aromatic heterocycles. The molecule has 5 heteroatoms. The first-order valence-electron chi connectivity index (χ1n) is 8.43. The average molecular weight is 323 g/mol. The Bertz CT molecular complexity index is 425. The van der Waals surface area contributed by atoms with Crippen LogP contribution in [0, 0.1) is 10.1 Å². The molecule has 130 valence electrons. The molecule has 0 unspecified atom stereocenters. The van der Waals surface area contributed by atoms with E-state index < -0.39 is 5.97 Å². The molecule has 0 radical (unpaired) electrons. The van der Waals surface area contributed by atoms with Crippen molar-refractivity contribution in [2.24, 2.45) is 0 Å². The van der Waals surface area contributed by atoms with Crippen molar-refractivity contribution in [3.05, 3.63) is 46.2 Å². The molecule has 0 rings (SSSR count). The normalized spacial score (nSPS) is 12.3. The van der Waals surface area contributed by atoms with Gasteiger partial charge in [-0.3, -0.25) is 14.9 Å². The van der Waals surface area contributed by atoms with Crippen LogP contribution in [0.15, 0.2) is 36.1 Å². The number of nitrogens with zero attached hydrogens (tertiary/aromatic N) is 1. The van der Waals surface area contributed by atoms with Gasteiger partial charge in [-0.15, -0.1) is 0 Å². The van der Waals surface area contributed by atoms with Crippen molar-refractivity contribution in [2.75, 3.05) is 0 Å². The van der Waals surface area contributed by atoms with E-state index in [0.717, 1.165) is 25.7 Å². The maximum atomic E-state index is 11.0. The van der Waals surface area contributed by atoms with Gasteiger partial charge in [-0.05, 0) is 44.6 Å². The molecule has 0 heterocycles. The number of allylic oxidation sites excluding steroid dienone is 5. The highest BCUT2D eigenvalue weighted by molar-refractivity contribution is 5.66. The second-order valence-electron chi connectivity index (χ2n) is 5.47. The number of hydrogen-bond acceptors (Lipinski definition) is 3. The van der Waals surface area contributed by atoms with E-state index in [1.165, 1.54) is 12.8 Å². The highest BCUT2D eigenvalue weighted by Gasteiger charge is 2.06. The summed E-state index contributed by atoms with van der Waals surface area (Å²) in [5.74, 6) is -0.768. The Morgan fingerprint density at radius 3 is 2.30 bits per heavy atom. The molecule has 0 aromatic rings. The van der Waals surface area contributed by atoms with E-state index in [9.17, 15) is 14.9 Å². The van der Waals surface area contributed by atoms with Crippen LogP contribution < -0.4 is 0 Å². The van der Waals surface area contributed by atoms with Gasteiger partial charge in [0.25, 0.3) is 0 Å². The SMILES string of the molecule is CCCCC/C=C\C/C(=C\C/C=C\CCCCC(=O)O)[N+](=O)[O-]. The van der Waals surface area contributed by atoms with Crippen LogP contribution in [0.5, 0.6) is 0 Å². The van der Waals surface area contributed by atoms with Crippen molar-refractivity contribution in [1.29, 1.82) is 0 Å². The molecule has 0 aliphatic carbocycles. The predicted molar refractivity (Wildman–Crippen MR) is 92.8 cm³/mol. The minimum atomic E-state index is -0.768. The molecule has 0 aromatic carbocycles. The number of aliphatic carboxylic acids is 1. The third-order valence-corrected chi connectivity index (χ3v) is 3.37. The highest BCUT2D eigenvalue weighted by Crippen LogP contribution is 2.08. The third kappa shape index (κ3) is 14.8. The summed E-state index contributed by atoms with van der Waals surface area (Å²) < 4.78 is 0. The molecular formula is C18H29NO4. The molecule has 23 heavy (non-hydrogen) atoms. The molecule has 0 aliphatic heterocycles. The standard InChI is InChI=1S/C18H29NO4/c1-2-3-4-5-8-11-14-17(19(22)23)15-12-9-6-7-10-13-16-18(20)21/h6,8-9,11,15H,2-5,7,10,12-14,16H2,1H3,(H,20,21)/b9-6-,11-8-,17-15+. The van der Waals surface area contributed by atoms with Crippen molar-refractivity contribution in [1.82, 2.24) is 0 Å². The summed E-state index contributed by atoms with van der Waals surface area (Å²) >= 11 is 0. The van der Waals surface area contributed by atoms with Crippen molar-refractivity contribution in [3.8, 4) is 0 Å². The van der Waals surface area contributed by atoms with Crippen molar-refractivity contribution >= 4 is 5.97 Å². The van der Waals surface area contributed by atoms with Crippen LogP contribution in [0.4, 0.5) is 0 Å². The molecule has 0 bridgehead atoms. The van der Waals surface area contributed by atoms with E-state index >= 15 is 0 Å². The number of carbonyl (C=O) groups is 1. The molecule has 0 saturated heterocycles. The average Bonchev–Trinajstić information content (AvgIpc) is 2.50. The number of hydrogen-bond donors (Lipinski definition) is 1. The molecule has 0 fully saturated rings. The topological polar surface area (TPSA) is 80.4 Å². The van der Waals surface area contributed by atoms with Gasteiger partial charge in [0.1, 0.15) is 0 Å². The minimum absolute atomic E-state index is 0.198. The summed E-state index contributed by atoms with van der Waals surface area (Å²) in [4.78, 5) is 21.0. The minimum Gasteiger partial charge on any atom is -0.481 e. The fraction of sp³-hybridized carbons (Fsp3) is 0.611. The van der Waals surface area contributed by atoms with Crippen LogP contribution in [0.3, 0.4) is 0 Å². The van der Waals surface area contributed by atoms with Crippen molar-refractivity contribution in [2.45, 2.75) is 71.1 Å². The van der Waals surface area contributed by atoms with Gasteiger partial charge in [0.05, 0.1) is 11.3 Å². The van der Waals surface area contributed by atoms with E-state index in [1.54, 1.807) is 6.08 Å². The zero-order valence-corrected chi connectivity index (χ0v) is 14.1. The zero-order valence-electron chi connectivity index (χ0n) is 14.1. The fourth-order valence-corrected chi connectivity index (χ4v) is 2.02. The van der Waals surface area contributed by atoms with Gasteiger partial charge in [-0.25, -0.2) is 0 Å². The van der Waals surface area contributed by atoms with Gasteiger partial charge in [0, 0.05) is 6.42 Å². The number of carboxylic acid groups (broad SMARTS) is 1. The summed E-state index contributed by atoms with van der Waals surface area (Å²) in [5.41, 5.74) is 0.229. The Labute approximate surface area is 138 Å². The molecule has 0 aliphatic rings. The maximum Gasteiger partial charge on any atom is 0.303 e. The fourth-order valence-electron chi connectivity index (χ4n) is 2.02. The second kappa shape index (κ2) is 15.0. The summed E-state index contributed by atoms with van der Waals surface area (Å²) in [7, 11) is 0. The van der Waals surface area contributed by atoms with Gasteiger partial charge in [0.15, 0.2) is 0 Å². The summed E-state index contributed by atoms with van der Waals surface area (Å²) in [5, 5.41) is 19.5. The van der Waals surface area contributed by atoms with Crippen LogP contribution in [0.2, 0.25) is 0 Å². The first kappa shape index (κ1) is 21.1. The molecule has 0 spiro atoms. The molecule has 1 N–H and O–H groups in total. The highest BCUT2D eigenvalue weighted by atomic mass is 16.6. The molecule has 0 atom stereocenters. The van der Waals surface area contributed by atoms with Crippen LogP contribution >= 0.6 is 0 Å². The predicted octanol–water partition coefficient (Wildman–Crippen LogP) is 5.26. The Hall–Kier alpha value is -1.91. The Morgan fingerprint density at radius 2 is 1.70 bits per heavy atom. The van der Waals surface area contributed by atoms with Crippen LogP contribution in [-0.2, 0) is 4.79 Å². The summed E-state index contributed by atoms with van der Waals surface area (Å²) in [6.45, 7) is 2.15. The molecule has 0 saturated carbocycles. The number of carboxylic acids is 1. The lowest BCUT2D eigenvalue weighted by molar-refractivity contribution is -0.427. The molecule has 5 nitrogen and oxygen atoms in total. The Kier molecular flexibility index (Phi) is 13.8. The third-order valence-electron chi connectivity index (χ3n) is 3.37. The summed E-state index contributed by atoms with van der Waals surface area (Å²) in [6, 6.07) is 0. The Balaban J connectivity index is 3.97. The van der Waals surface area contributed by atoms with E-state index in [0.29, 0.717) is 19.3 Å². The zero-order chi connectivity index (χ0) is 17.3. The van der Waals surface area contributed by atoms with Crippen LogP contribution in [0.1, 0.15) is 71.1 Å². The van der Waals surface area contributed by atoms with E-state index in [1.807, 2.05) is 24.3 Å². The smallest absolute Gasteiger partial charge is 0.303 e. The van der Waals surface area contributed by atoms with Gasteiger partial charge < -0.3 is 5.11 Å². The van der Waals surface area contributed by atoms with Crippen LogP contribution in [-0.4, -0.2) is 16.0 Å². The van der Waals surface area contributed by atoms with Gasteiger partial charge in [-0.1, -0.05) is 44.1 Å². The lowest BCUT2D eigenvalue weighted by atomic mass is 10.1. The number of unbranched alkanes of at least 4 members (excludes halogenated alkanes) is 5. The van der Waals surface area contributed by atoms with E-state index in [-0.39, 0.29) is 17.0 Å². The monoisotopic (exact) mass is 323 g/mol. The van der Waals surface area contributed by atoms with Gasteiger partial charge in [-0.2, -0.15) is 0 Å². The molecular weight excluding hydrogens is 294 g/mol. The largest absolute Gasteiger partial charge is 0.481 e. The lowest BCUT2D eigenvalue weighted by Gasteiger charge is -1.95. The first-order valence-corrected chi connectivity index (χ1v) is 8.43.